The molecule has 0 unspecified atom stereocenters. The largest absolute Gasteiger partial charge is 0.322 e. The quantitative estimate of drug-likeness (QED) is 0.778. The van der Waals surface area contributed by atoms with Gasteiger partial charge in [-0.05, 0) is 13.0 Å². The highest BCUT2D eigenvalue weighted by Gasteiger charge is 2.08. The molecule has 0 aliphatic rings. The number of hydrogen-bond acceptors (Lipinski definition) is 2. The third kappa shape index (κ3) is 1.93. The number of benzene rings is 1. The van der Waals surface area contributed by atoms with Gasteiger partial charge in [0.25, 0.3) is 0 Å². The number of H-pyrrole nitrogens is 1. The molecule has 3 nitrogen and oxygen atoms in total. The Hall–Kier alpha value is -2.16. The molecule has 1 heterocycles. The second-order valence-electron chi connectivity index (χ2n) is 3.53. The molecule has 1 aromatic heterocycles. The molecule has 0 atom stereocenters. The van der Waals surface area contributed by atoms with Crippen molar-refractivity contribution in [2.75, 3.05) is 0 Å². The second kappa shape index (κ2) is 4.14. The maximum atomic E-state index is 11.4. The van der Waals surface area contributed by atoms with Gasteiger partial charge in [0.1, 0.15) is 0 Å². The molecular weight excluding hydrogens is 202 g/mol. The highest BCUT2D eigenvalue weighted by Crippen LogP contribution is 2.20. The molecule has 3 heteroatoms. The predicted molar refractivity (Wildman–Crippen MR) is 62.5 cm³/mol. The van der Waals surface area contributed by atoms with Gasteiger partial charge in [0.05, 0.1) is 0 Å². The zero-order valence-electron chi connectivity index (χ0n) is 8.86. The molecule has 2 rings (SSSR count). The van der Waals surface area contributed by atoms with Gasteiger partial charge >= 0.3 is 0 Å². The van der Waals surface area contributed by atoms with E-state index in [1.54, 1.807) is 24.3 Å². The van der Waals surface area contributed by atoms with E-state index in [1.807, 2.05) is 12.1 Å². The van der Waals surface area contributed by atoms with E-state index < -0.39 is 0 Å². The topological polar surface area (TPSA) is 49.9 Å². The number of hydrogen-bond donors (Lipinski definition) is 1. The number of Topliss-reactive ketones (excluding diaryl/α,β-unsaturated/α-hetero) is 1. The van der Waals surface area contributed by atoms with E-state index in [9.17, 15) is 9.59 Å². The van der Waals surface area contributed by atoms with Gasteiger partial charge in [-0.3, -0.25) is 9.59 Å². The fourth-order valence-corrected chi connectivity index (χ4v) is 1.63. The third-order valence-electron chi connectivity index (χ3n) is 2.36. The number of ketones is 1. The molecule has 16 heavy (non-hydrogen) atoms. The Balaban J connectivity index is 2.64. The van der Waals surface area contributed by atoms with Crippen LogP contribution in [0.3, 0.4) is 0 Å². The number of aromatic nitrogens is 1. The van der Waals surface area contributed by atoms with Crippen molar-refractivity contribution >= 4 is 5.78 Å². The summed E-state index contributed by atoms with van der Waals surface area (Å²) in [5.74, 6) is -0.0136. The fourth-order valence-electron chi connectivity index (χ4n) is 1.63. The molecule has 1 aromatic carbocycles. The zero-order chi connectivity index (χ0) is 11.5. The van der Waals surface area contributed by atoms with Crippen molar-refractivity contribution in [3.8, 4) is 11.3 Å². The first-order valence-electron chi connectivity index (χ1n) is 4.98. The SMILES string of the molecule is CC(=O)c1ccccc1-c1cccc(=O)[nH]1. The lowest BCUT2D eigenvalue weighted by molar-refractivity contribution is 0.101. The van der Waals surface area contributed by atoms with Crippen molar-refractivity contribution in [3.63, 3.8) is 0 Å². The van der Waals surface area contributed by atoms with Crippen LogP contribution in [0, 0.1) is 0 Å². The average molecular weight is 213 g/mol. The van der Waals surface area contributed by atoms with E-state index in [-0.39, 0.29) is 11.3 Å². The molecule has 0 saturated heterocycles. The average Bonchev–Trinajstić information content (AvgIpc) is 2.29. The van der Waals surface area contributed by atoms with E-state index in [0.29, 0.717) is 11.3 Å². The summed E-state index contributed by atoms with van der Waals surface area (Å²) in [6.07, 6.45) is 0. The van der Waals surface area contributed by atoms with Crippen LogP contribution in [0.25, 0.3) is 11.3 Å². The van der Waals surface area contributed by atoms with Crippen molar-refractivity contribution in [3.05, 3.63) is 58.4 Å². The maximum absolute atomic E-state index is 11.4. The summed E-state index contributed by atoms with van der Waals surface area (Å²) in [6, 6.07) is 12.1. The predicted octanol–water partition coefficient (Wildman–Crippen LogP) is 2.24. The first-order valence-corrected chi connectivity index (χ1v) is 4.98. The van der Waals surface area contributed by atoms with Crippen LogP contribution in [-0.4, -0.2) is 10.8 Å². The van der Waals surface area contributed by atoms with Crippen molar-refractivity contribution in [1.82, 2.24) is 4.98 Å². The summed E-state index contributed by atoms with van der Waals surface area (Å²) in [6.45, 7) is 1.51. The Kier molecular flexibility index (Phi) is 2.68. The van der Waals surface area contributed by atoms with Crippen LogP contribution in [-0.2, 0) is 0 Å². The highest BCUT2D eigenvalue weighted by atomic mass is 16.1. The minimum Gasteiger partial charge on any atom is -0.322 e. The van der Waals surface area contributed by atoms with Gasteiger partial charge in [0.2, 0.25) is 5.56 Å². The minimum absolute atomic E-state index is 0.0136. The molecule has 2 aromatic rings. The summed E-state index contributed by atoms with van der Waals surface area (Å²) in [7, 11) is 0. The van der Waals surface area contributed by atoms with E-state index >= 15 is 0 Å². The lowest BCUT2D eigenvalue weighted by atomic mass is 10.0. The van der Waals surface area contributed by atoms with Crippen molar-refractivity contribution < 1.29 is 4.79 Å². The molecule has 0 spiro atoms. The van der Waals surface area contributed by atoms with Crippen LogP contribution < -0.4 is 5.56 Å². The number of nitrogens with one attached hydrogen (secondary N) is 1. The normalized spacial score (nSPS) is 10.1. The van der Waals surface area contributed by atoms with E-state index in [2.05, 4.69) is 4.98 Å². The first-order chi connectivity index (χ1) is 7.68. The van der Waals surface area contributed by atoms with Crippen LogP contribution in [0.2, 0.25) is 0 Å². The Morgan fingerprint density at radius 1 is 1.06 bits per heavy atom. The Bertz CT molecular complexity index is 584. The van der Waals surface area contributed by atoms with E-state index in [1.165, 1.54) is 13.0 Å². The smallest absolute Gasteiger partial charge is 0.248 e. The first kappa shape index (κ1) is 10.4. The summed E-state index contributed by atoms with van der Waals surface area (Å²) >= 11 is 0. The van der Waals surface area contributed by atoms with Crippen LogP contribution in [0.15, 0.2) is 47.3 Å². The monoisotopic (exact) mass is 213 g/mol. The molecular formula is C13H11NO2. The van der Waals surface area contributed by atoms with Gasteiger partial charge in [-0.25, -0.2) is 0 Å². The van der Waals surface area contributed by atoms with Gasteiger partial charge in [0.15, 0.2) is 5.78 Å². The maximum Gasteiger partial charge on any atom is 0.248 e. The Morgan fingerprint density at radius 2 is 1.81 bits per heavy atom. The molecule has 0 amide bonds. The van der Waals surface area contributed by atoms with Gasteiger partial charge in [-0.2, -0.15) is 0 Å². The summed E-state index contributed by atoms with van der Waals surface area (Å²) < 4.78 is 0. The fraction of sp³-hybridized carbons (Fsp3) is 0.0769. The number of carbonyl (C=O) groups excluding carboxylic acids is 1. The lowest BCUT2D eigenvalue weighted by Crippen LogP contribution is -2.05. The summed E-state index contributed by atoms with van der Waals surface area (Å²) in [4.78, 5) is 25.3. The number of pyridine rings is 1. The molecule has 0 aliphatic carbocycles. The second-order valence-corrected chi connectivity index (χ2v) is 3.53. The van der Waals surface area contributed by atoms with Crippen molar-refractivity contribution in [2.24, 2.45) is 0 Å². The van der Waals surface area contributed by atoms with Crippen molar-refractivity contribution in [1.29, 1.82) is 0 Å². The number of aromatic amines is 1. The molecule has 0 aliphatic heterocycles. The summed E-state index contributed by atoms with van der Waals surface area (Å²) in [5.41, 5.74) is 1.87. The van der Waals surface area contributed by atoms with Gasteiger partial charge in [-0.15, -0.1) is 0 Å². The molecule has 0 radical (unpaired) electrons. The standard InChI is InChI=1S/C13H11NO2/c1-9(15)10-5-2-3-6-11(10)12-7-4-8-13(16)14-12/h2-8H,1H3,(H,14,16). The van der Waals surface area contributed by atoms with E-state index in [4.69, 9.17) is 0 Å². The van der Waals surface area contributed by atoms with Crippen LogP contribution in [0.4, 0.5) is 0 Å². The third-order valence-corrected chi connectivity index (χ3v) is 2.36. The molecule has 1 N–H and O–H groups in total. The van der Waals surface area contributed by atoms with Gasteiger partial charge in [-0.1, -0.05) is 30.3 Å². The molecule has 0 fully saturated rings. The molecule has 80 valence electrons. The number of carbonyl (C=O) groups is 1. The van der Waals surface area contributed by atoms with Gasteiger partial charge < -0.3 is 4.98 Å². The number of rotatable bonds is 2. The lowest BCUT2D eigenvalue weighted by Gasteiger charge is -2.05. The van der Waals surface area contributed by atoms with E-state index in [0.717, 1.165) is 5.56 Å². The van der Waals surface area contributed by atoms with Crippen molar-refractivity contribution in [2.45, 2.75) is 6.92 Å². The van der Waals surface area contributed by atoms with Crippen LogP contribution >= 0.6 is 0 Å². The minimum atomic E-state index is -0.171. The van der Waals surface area contributed by atoms with Crippen LogP contribution in [0.1, 0.15) is 17.3 Å². The molecule has 0 saturated carbocycles. The Morgan fingerprint density at radius 3 is 2.50 bits per heavy atom. The van der Waals surface area contributed by atoms with Gasteiger partial charge in [0, 0.05) is 22.9 Å². The zero-order valence-corrected chi connectivity index (χ0v) is 8.86. The Labute approximate surface area is 92.8 Å². The summed E-state index contributed by atoms with van der Waals surface area (Å²) in [5, 5.41) is 0. The van der Waals surface area contributed by atoms with Crippen LogP contribution in [0.5, 0.6) is 0 Å². The molecule has 0 bridgehead atoms. The highest BCUT2D eigenvalue weighted by molar-refractivity contribution is 6.00.